The average Bonchev–Trinajstić information content (AvgIpc) is 2.89. The van der Waals surface area contributed by atoms with Crippen LogP contribution in [-0.2, 0) is 11.2 Å². The molecule has 1 aliphatic rings. The van der Waals surface area contributed by atoms with Crippen molar-refractivity contribution in [2.24, 2.45) is 5.92 Å². The second kappa shape index (κ2) is 12.2. The molecule has 2 N–H and O–H groups in total. The highest BCUT2D eigenvalue weighted by Gasteiger charge is 2.25. The van der Waals surface area contributed by atoms with Gasteiger partial charge in [-0.25, -0.2) is 13.6 Å². The Morgan fingerprint density at radius 3 is 2.42 bits per heavy atom. The lowest BCUT2D eigenvalue weighted by Gasteiger charge is -2.38. The molecule has 7 heteroatoms. The molecule has 0 spiro atoms. The number of amides is 1. The van der Waals surface area contributed by atoms with Gasteiger partial charge in [-0.3, -0.25) is 4.79 Å². The number of rotatable bonds is 9. The number of carboxylic acids is 1. The summed E-state index contributed by atoms with van der Waals surface area (Å²) in [6.07, 6.45) is 5.42. The SMILES string of the molecule is CC(C)CN(c1ccc(-c2cc(F)ccc2C(=O)O)cc1NC(=O)Cc1ccccc1F)C1CCCCC1. The van der Waals surface area contributed by atoms with Gasteiger partial charge < -0.3 is 15.3 Å². The fourth-order valence-electron chi connectivity index (χ4n) is 5.24. The van der Waals surface area contributed by atoms with Crippen LogP contribution >= 0.6 is 0 Å². The van der Waals surface area contributed by atoms with Gasteiger partial charge in [0.25, 0.3) is 0 Å². The van der Waals surface area contributed by atoms with Crippen LogP contribution in [0.15, 0.2) is 60.7 Å². The first-order valence-electron chi connectivity index (χ1n) is 13.2. The number of halogens is 2. The maximum Gasteiger partial charge on any atom is 0.336 e. The number of carboxylic acid groups (broad SMARTS) is 1. The van der Waals surface area contributed by atoms with Crippen LogP contribution in [0.2, 0.25) is 0 Å². The number of carbonyl (C=O) groups is 2. The first-order valence-corrected chi connectivity index (χ1v) is 13.2. The van der Waals surface area contributed by atoms with E-state index < -0.39 is 17.6 Å². The van der Waals surface area contributed by atoms with E-state index in [2.05, 4.69) is 24.1 Å². The summed E-state index contributed by atoms with van der Waals surface area (Å²) in [4.78, 5) is 27.3. The molecule has 200 valence electrons. The molecule has 3 aromatic rings. The van der Waals surface area contributed by atoms with Crippen molar-refractivity contribution in [3.05, 3.63) is 83.4 Å². The first kappa shape index (κ1) is 27.3. The molecule has 1 aliphatic carbocycles. The Labute approximate surface area is 222 Å². The van der Waals surface area contributed by atoms with Crippen molar-refractivity contribution in [2.45, 2.75) is 58.4 Å². The zero-order chi connectivity index (χ0) is 27.2. The maximum atomic E-state index is 14.2. The third-order valence-corrected chi connectivity index (χ3v) is 6.99. The molecule has 3 aromatic carbocycles. The summed E-state index contributed by atoms with van der Waals surface area (Å²) in [7, 11) is 0. The molecular formula is C31H34F2N2O3. The molecule has 5 nitrogen and oxygen atoms in total. The summed E-state index contributed by atoms with van der Waals surface area (Å²) in [5.41, 5.74) is 2.27. The molecule has 0 aromatic heterocycles. The average molecular weight is 521 g/mol. The molecule has 0 unspecified atom stereocenters. The Morgan fingerprint density at radius 1 is 1.00 bits per heavy atom. The van der Waals surface area contributed by atoms with Crippen LogP contribution in [0.25, 0.3) is 11.1 Å². The topological polar surface area (TPSA) is 69.6 Å². The number of aromatic carboxylic acids is 1. The van der Waals surface area contributed by atoms with E-state index in [-0.39, 0.29) is 29.0 Å². The van der Waals surface area contributed by atoms with E-state index in [1.165, 1.54) is 24.6 Å². The number of carbonyl (C=O) groups excluding carboxylic acids is 1. The second-order valence-electron chi connectivity index (χ2n) is 10.4. The molecule has 38 heavy (non-hydrogen) atoms. The predicted molar refractivity (Wildman–Crippen MR) is 147 cm³/mol. The van der Waals surface area contributed by atoms with Gasteiger partial charge in [0.05, 0.1) is 23.4 Å². The molecular weight excluding hydrogens is 486 g/mol. The van der Waals surface area contributed by atoms with Gasteiger partial charge in [-0.05, 0) is 71.8 Å². The number of hydrogen-bond donors (Lipinski definition) is 2. The van der Waals surface area contributed by atoms with Crippen molar-refractivity contribution in [3.63, 3.8) is 0 Å². The summed E-state index contributed by atoms with van der Waals surface area (Å²) in [6, 6.07) is 15.4. The van der Waals surface area contributed by atoms with E-state index >= 15 is 0 Å². The van der Waals surface area contributed by atoms with Crippen LogP contribution in [0.3, 0.4) is 0 Å². The van der Waals surface area contributed by atoms with E-state index in [4.69, 9.17) is 0 Å². The van der Waals surface area contributed by atoms with E-state index in [9.17, 15) is 23.5 Å². The standard InChI is InChI=1S/C31H34F2N2O3/c1-20(2)19-35(24-9-4-3-5-10-24)29-15-12-21(26-18-23(32)13-14-25(26)31(37)38)16-28(29)34-30(36)17-22-8-6-7-11-27(22)33/h6-8,11-16,18,20,24H,3-5,9-10,17,19H2,1-2H3,(H,34,36)(H,37,38). The minimum absolute atomic E-state index is 0.0332. The van der Waals surface area contributed by atoms with Crippen molar-refractivity contribution >= 4 is 23.3 Å². The number of hydrogen-bond acceptors (Lipinski definition) is 3. The first-order chi connectivity index (χ1) is 18.2. The lowest BCUT2D eigenvalue weighted by Crippen LogP contribution is -2.40. The third kappa shape index (κ3) is 6.57. The Kier molecular flexibility index (Phi) is 8.77. The fourth-order valence-corrected chi connectivity index (χ4v) is 5.24. The van der Waals surface area contributed by atoms with Gasteiger partial charge in [-0.15, -0.1) is 0 Å². The summed E-state index contributed by atoms with van der Waals surface area (Å²) in [5, 5.41) is 12.7. The minimum atomic E-state index is -1.17. The van der Waals surface area contributed by atoms with E-state index in [0.717, 1.165) is 44.0 Å². The molecule has 0 saturated heterocycles. The second-order valence-corrected chi connectivity index (χ2v) is 10.4. The maximum absolute atomic E-state index is 14.2. The van der Waals surface area contributed by atoms with Crippen LogP contribution in [0.1, 0.15) is 61.9 Å². The van der Waals surface area contributed by atoms with Crippen molar-refractivity contribution in [3.8, 4) is 11.1 Å². The van der Waals surface area contributed by atoms with E-state index in [1.54, 1.807) is 30.3 Å². The summed E-state index contributed by atoms with van der Waals surface area (Å²) >= 11 is 0. The monoisotopic (exact) mass is 520 g/mol. The molecule has 1 fully saturated rings. The van der Waals surface area contributed by atoms with Gasteiger partial charge in [-0.1, -0.05) is 57.4 Å². The highest BCUT2D eigenvalue weighted by molar-refractivity contribution is 5.99. The number of nitrogens with zero attached hydrogens (tertiary/aromatic N) is 1. The van der Waals surface area contributed by atoms with E-state index in [1.807, 2.05) is 6.07 Å². The third-order valence-electron chi connectivity index (χ3n) is 6.99. The van der Waals surface area contributed by atoms with E-state index in [0.29, 0.717) is 23.2 Å². The van der Waals surface area contributed by atoms with Crippen LogP contribution < -0.4 is 10.2 Å². The molecule has 1 amide bonds. The Bertz CT molecular complexity index is 1300. The Morgan fingerprint density at radius 2 is 1.74 bits per heavy atom. The zero-order valence-corrected chi connectivity index (χ0v) is 21.8. The molecule has 0 radical (unpaired) electrons. The highest BCUT2D eigenvalue weighted by atomic mass is 19.1. The molecule has 1 saturated carbocycles. The van der Waals surface area contributed by atoms with Crippen molar-refractivity contribution in [2.75, 3.05) is 16.8 Å². The largest absolute Gasteiger partial charge is 0.478 e. The lowest BCUT2D eigenvalue weighted by molar-refractivity contribution is -0.115. The summed E-state index contributed by atoms with van der Waals surface area (Å²) in [5.74, 6) is -2.20. The van der Waals surface area contributed by atoms with Crippen LogP contribution in [0.5, 0.6) is 0 Å². The molecule has 0 atom stereocenters. The van der Waals surface area contributed by atoms with Gasteiger partial charge in [0.2, 0.25) is 5.91 Å². The molecule has 4 rings (SSSR count). The quantitative estimate of drug-likeness (QED) is 0.310. The predicted octanol–water partition coefficient (Wildman–Crippen LogP) is 7.31. The van der Waals surface area contributed by atoms with Crippen molar-refractivity contribution in [1.82, 2.24) is 0 Å². The van der Waals surface area contributed by atoms with Crippen LogP contribution in [0, 0.1) is 17.6 Å². The normalized spacial score (nSPS) is 13.9. The number of benzene rings is 3. The zero-order valence-electron chi connectivity index (χ0n) is 21.8. The fraction of sp³-hybridized carbons (Fsp3) is 0.355. The Balaban J connectivity index is 1.78. The number of anilines is 2. The summed E-state index contributed by atoms with van der Waals surface area (Å²) < 4.78 is 28.4. The molecule has 0 heterocycles. The van der Waals surface area contributed by atoms with Gasteiger partial charge in [0.15, 0.2) is 0 Å². The Hall–Kier alpha value is -3.74. The lowest BCUT2D eigenvalue weighted by atomic mass is 9.92. The smallest absolute Gasteiger partial charge is 0.336 e. The van der Waals surface area contributed by atoms with Gasteiger partial charge in [0, 0.05) is 12.6 Å². The van der Waals surface area contributed by atoms with Gasteiger partial charge >= 0.3 is 5.97 Å². The molecule has 0 aliphatic heterocycles. The minimum Gasteiger partial charge on any atom is -0.478 e. The molecule has 0 bridgehead atoms. The van der Waals surface area contributed by atoms with Gasteiger partial charge in [0.1, 0.15) is 11.6 Å². The van der Waals surface area contributed by atoms with Crippen molar-refractivity contribution in [1.29, 1.82) is 0 Å². The summed E-state index contributed by atoms with van der Waals surface area (Å²) in [6.45, 7) is 5.07. The number of nitrogens with one attached hydrogen (secondary N) is 1. The van der Waals surface area contributed by atoms with Crippen molar-refractivity contribution < 1.29 is 23.5 Å². The van der Waals surface area contributed by atoms with Crippen LogP contribution in [0.4, 0.5) is 20.2 Å². The highest BCUT2D eigenvalue weighted by Crippen LogP contribution is 2.37. The van der Waals surface area contributed by atoms with Crippen LogP contribution in [-0.4, -0.2) is 29.6 Å². The van der Waals surface area contributed by atoms with Gasteiger partial charge in [-0.2, -0.15) is 0 Å².